The Morgan fingerprint density at radius 1 is 1.05 bits per heavy atom. The normalized spacial score (nSPS) is 22.8. The zero-order chi connectivity index (χ0) is 32.2. The molecule has 2 heterocycles. The van der Waals surface area contributed by atoms with Gasteiger partial charge in [-0.3, -0.25) is 33.8 Å². The van der Waals surface area contributed by atoms with Gasteiger partial charge in [-0.1, -0.05) is 40.2 Å². The summed E-state index contributed by atoms with van der Waals surface area (Å²) in [6.45, 7) is 9.07. The van der Waals surface area contributed by atoms with Crippen LogP contribution in [0, 0.1) is 17.3 Å². The van der Waals surface area contributed by atoms with Crippen LogP contribution in [0.2, 0.25) is 0 Å². The predicted octanol–water partition coefficient (Wildman–Crippen LogP) is 1.01. The smallest absolute Gasteiger partial charge is 0.294 e. The van der Waals surface area contributed by atoms with Crippen LogP contribution in [0.3, 0.4) is 0 Å². The van der Waals surface area contributed by atoms with Crippen LogP contribution in [0.15, 0.2) is 30.4 Å². The number of hydrogen-bond acceptors (Lipinski definition) is 8. The van der Waals surface area contributed by atoms with Gasteiger partial charge in [0.25, 0.3) is 17.6 Å². The van der Waals surface area contributed by atoms with Gasteiger partial charge in [-0.05, 0) is 56.3 Å². The first-order chi connectivity index (χ1) is 20.8. The molecule has 0 spiro atoms. The van der Waals surface area contributed by atoms with Crippen molar-refractivity contribution in [2.45, 2.75) is 97.3 Å². The minimum atomic E-state index is -1.02. The molecule has 5 amide bonds. The van der Waals surface area contributed by atoms with Crippen LogP contribution in [0.25, 0.3) is 0 Å². The molecule has 1 aromatic heterocycles. The van der Waals surface area contributed by atoms with E-state index in [1.165, 1.54) is 36.5 Å². The molecule has 13 heteroatoms. The van der Waals surface area contributed by atoms with E-state index in [-0.39, 0.29) is 29.3 Å². The molecule has 2 saturated carbocycles. The third-order valence-corrected chi connectivity index (χ3v) is 8.41. The third kappa shape index (κ3) is 7.67. The van der Waals surface area contributed by atoms with Crippen molar-refractivity contribution in [3.05, 3.63) is 36.1 Å². The van der Waals surface area contributed by atoms with Crippen molar-refractivity contribution in [1.82, 2.24) is 36.1 Å². The van der Waals surface area contributed by atoms with Gasteiger partial charge in [-0.2, -0.15) is 0 Å². The Kier molecular flexibility index (Phi) is 10.2. The van der Waals surface area contributed by atoms with Crippen molar-refractivity contribution in [3.8, 4) is 0 Å². The lowest BCUT2D eigenvalue weighted by molar-refractivity contribution is -0.145. The number of nitrogens with zero attached hydrogens (tertiary/aromatic N) is 3. The summed E-state index contributed by atoms with van der Waals surface area (Å²) >= 11 is 0. The first-order valence-electron chi connectivity index (χ1n) is 15.4. The summed E-state index contributed by atoms with van der Waals surface area (Å²) in [5, 5.41) is 10.7. The number of likely N-dealkylation sites (tertiary alicyclic amines) is 1. The zero-order valence-electron chi connectivity index (χ0n) is 26.0. The minimum Gasteiger partial charge on any atom is -0.346 e. The molecular weight excluding hydrogens is 566 g/mol. The minimum absolute atomic E-state index is 0.0141. The number of carbonyl (C=O) groups is 6. The van der Waals surface area contributed by atoms with Gasteiger partial charge in [0.15, 0.2) is 0 Å². The maximum absolute atomic E-state index is 14.2. The van der Waals surface area contributed by atoms with Crippen LogP contribution in [-0.2, 0) is 24.0 Å². The summed E-state index contributed by atoms with van der Waals surface area (Å²) in [5.41, 5.74) is -0.796. The highest BCUT2D eigenvalue weighted by atomic mass is 16.2. The largest absolute Gasteiger partial charge is 0.346 e. The van der Waals surface area contributed by atoms with E-state index in [1.54, 1.807) is 6.92 Å². The Labute approximate surface area is 257 Å². The fraction of sp³-hybridized carbons (Fsp3) is 0.613. The summed E-state index contributed by atoms with van der Waals surface area (Å²) in [6, 6.07) is -2.89. The summed E-state index contributed by atoms with van der Waals surface area (Å²) in [6.07, 6.45) is 10.2. The molecular formula is C31H43N7O6. The lowest BCUT2D eigenvalue weighted by Crippen LogP contribution is -2.60. The number of carbonyl (C=O) groups excluding carboxylic acids is 6. The molecule has 2 aliphatic carbocycles. The molecule has 5 atom stereocenters. The number of rotatable bonds is 11. The lowest BCUT2D eigenvalue weighted by atomic mass is 9.85. The van der Waals surface area contributed by atoms with Crippen molar-refractivity contribution in [1.29, 1.82) is 0 Å². The highest BCUT2D eigenvalue weighted by Crippen LogP contribution is 2.43. The highest BCUT2D eigenvalue weighted by molar-refractivity contribution is 6.43. The summed E-state index contributed by atoms with van der Waals surface area (Å²) in [7, 11) is 0. The quantitative estimate of drug-likeness (QED) is 0.212. The number of fused-ring (bicyclic) bond motifs is 1. The number of amides is 5. The summed E-state index contributed by atoms with van der Waals surface area (Å²) in [5.74, 6) is -3.70. The molecule has 1 saturated heterocycles. The van der Waals surface area contributed by atoms with E-state index in [4.69, 9.17) is 0 Å². The molecule has 4 rings (SSSR count). The number of aromatic nitrogens is 2. The number of hydrogen-bond donors (Lipinski definition) is 4. The van der Waals surface area contributed by atoms with Crippen molar-refractivity contribution < 1.29 is 28.8 Å². The van der Waals surface area contributed by atoms with E-state index < -0.39 is 58.9 Å². The Balaban J connectivity index is 1.50. The maximum Gasteiger partial charge on any atom is 0.294 e. The van der Waals surface area contributed by atoms with Crippen LogP contribution < -0.4 is 21.3 Å². The summed E-state index contributed by atoms with van der Waals surface area (Å²) in [4.78, 5) is 88.5. The SMILES string of the molecule is CC/C=C(/NC(=O)[C@@H]1[C@H]2CCC[C@H]2CN1C(=O)[C@@H](NC(=O)[C@H](C)NC(=O)c1cnccn1)C(C)(C)C)C(=O)C(=O)NC1CC1. The van der Waals surface area contributed by atoms with E-state index in [9.17, 15) is 28.8 Å². The van der Waals surface area contributed by atoms with E-state index >= 15 is 0 Å². The van der Waals surface area contributed by atoms with Crippen LogP contribution in [0.5, 0.6) is 0 Å². The molecule has 4 N–H and O–H groups in total. The number of nitrogens with one attached hydrogen (secondary N) is 4. The van der Waals surface area contributed by atoms with Gasteiger partial charge in [0.2, 0.25) is 17.7 Å². The molecule has 1 aromatic rings. The van der Waals surface area contributed by atoms with E-state index in [1.807, 2.05) is 20.8 Å². The van der Waals surface area contributed by atoms with E-state index in [0.29, 0.717) is 13.0 Å². The molecule has 0 radical (unpaired) electrons. The second-order valence-electron chi connectivity index (χ2n) is 13.0. The fourth-order valence-corrected chi connectivity index (χ4v) is 5.91. The molecule has 3 fully saturated rings. The Bertz CT molecular complexity index is 1320. The first kappa shape index (κ1) is 32.7. The number of Topliss-reactive ketones (excluding diaryl/α,β-unsaturated/α-hetero) is 1. The standard InChI is InChI=1S/C31H43N7O6/c1-6-8-21(24(39)29(43)35-19-11-12-19)36-28(42)23-20-10-7-9-18(20)16-38(23)30(44)25(31(3,4)5)37-26(40)17(2)34-27(41)22-15-32-13-14-33-22/h8,13-15,17-20,23,25H,6-7,9-12,16H2,1-5H3,(H,34,41)(H,35,43)(H,36,42)(H,37,40)/b21-8+/t17-,18-,20-,23-,25+/m0/s1. The first-order valence-corrected chi connectivity index (χ1v) is 15.4. The molecule has 1 aliphatic heterocycles. The van der Waals surface area contributed by atoms with Crippen LogP contribution >= 0.6 is 0 Å². The predicted molar refractivity (Wildman–Crippen MR) is 159 cm³/mol. The van der Waals surface area contributed by atoms with Crippen LogP contribution in [0.4, 0.5) is 0 Å². The molecule has 238 valence electrons. The molecule has 0 unspecified atom stereocenters. The van der Waals surface area contributed by atoms with Crippen molar-refractivity contribution in [2.75, 3.05) is 6.54 Å². The molecule has 3 aliphatic rings. The van der Waals surface area contributed by atoms with Crippen LogP contribution in [-0.4, -0.2) is 80.9 Å². The Hall–Kier alpha value is -4.16. The van der Waals surface area contributed by atoms with Crippen molar-refractivity contribution in [3.63, 3.8) is 0 Å². The van der Waals surface area contributed by atoms with Gasteiger partial charge < -0.3 is 26.2 Å². The maximum atomic E-state index is 14.2. The molecule has 44 heavy (non-hydrogen) atoms. The van der Waals surface area contributed by atoms with Crippen LogP contribution in [0.1, 0.15) is 83.6 Å². The van der Waals surface area contributed by atoms with E-state index in [0.717, 1.165) is 32.1 Å². The van der Waals surface area contributed by atoms with Gasteiger partial charge in [0.05, 0.1) is 11.9 Å². The highest BCUT2D eigenvalue weighted by Gasteiger charge is 2.52. The average molecular weight is 610 g/mol. The van der Waals surface area contributed by atoms with Gasteiger partial charge in [-0.15, -0.1) is 0 Å². The lowest BCUT2D eigenvalue weighted by Gasteiger charge is -2.36. The second-order valence-corrected chi connectivity index (χ2v) is 13.0. The third-order valence-electron chi connectivity index (χ3n) is 8.41. The van der Waals surface area contributed by atoms with Gasteiger partial charge in [0, 0.05) is 25.0 Å². The van der Waals surface area contributed by atoms with E-state index in [2.05, 4.69) is 31.2 Å². The Morgan fingerprint density at radius 3 is 2.39 bits per heavy atom. The van der Waals surface area contributed by atoms with Gasteiger partial charge in [-0.25, -0.2) is 4.98 Å². The average Bonchev–Trinajstić information content (AvgIpc) is 3.54. The molecule has 0 bridgehead atoms. The monoisotopic (exact) mass is 609 g/mol. The van der Waals surface area contributed by atoms with Crippen molar-refractivity contribution in [2.24, 2.45) is 17.3 Å². The number of ketones is 1. The number of allylic oxidation sites excluding steroid dienone is 1. The zero-order valence-corrected chi connectivity index (χ0v) is 26.0. The van der Waals surface area contributed by atoms with Crippen molar-refractivity contribution >= 4 is 35.3 Å². The Morgan fingerprint density at radius 2 is 1.77 bits per heavy atom. The van der Waals surface area contributed by atoms with Gasteiger partial charge in [0.1, 0.15) is 23.8 Å². The van der Waals surface area contributed by atoms with Gasteiger partial charge >= 0.3 is 0 Å². The summed E-state index contributed by atoms with van der Waals surface area (Å²) < 4.78 is 0. The fourth-order valence-electron chi connectivity index (χ4n) is 5.91. The topological polar surface area (TPSA) is 180 Å². The second kappa shape index (κ2) is 13.6. The molecule has 13 nitrogen and oxygen atoms in total. The molecule has 0 aromatic carbocycles.